The van der Waals surface area contributed by atoms with Crippen molar-refractivity contribution in [2.24, 2.45) is 7.05 Å². The number of aryl methyl sites for hydroxylation is 2. The first-order chi connectivity index (χ1) is 17.4. The molecule has 11 nitrogen and oxygen atoms in total. The van der Waals surface area contributed by atoms with Gasteiger partial charge in [0.15, 0.2) is 11.4 Å². The number of imidazole rings is 1. The molecular weight excluding hydrogens is 460 g/mol. The average Bonchev–Trinajstić information content (AvgIpc) is 3.20. The van der Waals surface area contributed by atoms with Crippen molar-refractivity contribution in [2.45, 2.75) is 18.9 Å². The van der Waals surface area contributed by atoms with E-state index in [9.17, 15) is 4.79 Å². The summed E-state index contributed by atoms with van der Waals surface area (Å²) in [6, 6.07) is 8.91. The van der Waals surface area contributed by atoms with Gasteiger partial charge in [-0.1, -0.05) is 0 Å². The van der Waals surface area contributed by atoms with Gasteiger partial charge in [-0.25, -0.2) is 15.0 Å². The van der Waals surface area contributed by atoms with E-state index in [0.29, 0.717) is 58.6 Å². The van der Waals surface area contributed by atoms with Crippen LogP contribution in [0, 0.1) is 18.3 Å². The molecule has 4 aromatic rings. The minimum atomic E-state index is -0.105. The molecule has 0 atom stereocenters. The number of nitrogens with one attached hydrogen (secondary N) is 1. The lowest BCUT2D eigenvalue weighted by molar-refractivity contribution is -0.209. The minimum absolute atomic E-state index is 0.0479. The quantitative estimate of drug-likeness (QED) is 0.456. The largest absolute Gasteiger partial charge is 0.437 e. The number of rotatable bonds is 5. The number of nitriles is 1. The van der Waals surface area contributed by atoms with Crippen molar-refractivity contribution >= 4 is 28.6 Å². The highest BCUT2D eigenvalue weighted by Crippen LogP contribution is 2.36. The fourth-order valence-electron chi connectivity index (χ4n) is 4.39. The first kappa shape index (κ1) is 21.9. The molecule has 1 spiro atoms. The van der Waals surface area contributed by atoms with E-state index in [1.54, 1.807) is 46.3 Å². The summed E-state index contributed by atoms with van der Waals surface area (Å²) in [6.45, 7) is 3.89. The van der Waals surface area contributed by atoms with E-state index in [2.05, 4.69) is 25.3 Å². The summed E-state index contributed by atoms with van der Waals surface area (Å²) in [5.41, 5.74) is 3.41. The second-order valence-electron chi connectivity index (χ2n) is 9.08. The second kappa shape index (κ2) is 8.28. The van der Waals surface area contributed by atoms with E-state index < -0.39 is 0 Å². The average molecular weight is 483 g/mol. The van der Waals surface area contributed by atoms with E-state index in [4.69, 9.17) is 14.7 Å². The SMILES string of the molecule is Cc1cc(C#N)ncc1Oc1cc(Nc2ccc(C(=O)N3CC4(CCO4)C3)cn2)c2ncn(C)c2n1. The zero-order chi connectivity index (χ0) is 24.9. The van der Waals surface area contributed by atoms with Crippen LogP contribution in [0.3, 0.4) is 0 Å². The Balaban J connectivity index is 1.23. The molecule has 0 unspecified atom stereocenters. The van der Waals surface area contributed by atoms with Crippen LogP contribution in [0.15, 0.2) is 43.0 Å². The highest BCUT2D eigenvalue weighted by Gasteiger charge is 2.50. The van der Waals surface area contributed by atoms with Crippen molar-refractivity contribution in [3.8, 4) is 17.7 Å². The molecule has 180 valence electrons. The lowest BCUT2D eigenvalue weighted by Crippen LogP contribution is -2.69. The summed E-state index contributed by atoms with van der Waals surface area (Å²) in [5, 5.41) is 12.3. The standard InChI is InChI=1S/C25H22N8O3/c1-15-7-17(9-26)27-11-19(15)36-21-8-18(22-23(31-21)32(2)14-29-22)30-20-4-3-16(10-28-20)24(34)33-12-25(13-33)5-6-35-25/h3-4,7-8,10-11,14H,5-6,12-13H2,1-2H3,(H,28,30,31). The Morgan fingerprint density at radius 3 is 2.72 bits per heavy atom. The molecule has 0 aromatic carbocycles. The van der Waals surface area contributed by atoms with Crippen molar-refractivity contribution in [3.05, 3.63) is 59.8 Å². The summed E-state index contributed by atoms with van der Waals surface area (Å²) < 4.78 is 13.4. The maximum atomic E-state index is 12.7. The summed E-state index contributed by atoms with van der Waals surface area (Å²) in [7, 11) is 1.84. The van der Waals surface area contributed by atoms with Gasteiger partial charge in [0.2, 0.25) is 5.88 Å². The fraction of sp³-hybridized carbons (Fsp3) is 0.280. The number of carbonyl (C=O) groups is 1. The third-order valence-electron chi connectivity index (χ3n) is 6.52. The highest BCUT2D eigenvalue weighted by atomic mass is 16.5. The zero-order valence-electron chi connectivity index (χ0n) is 19.7. The van der Waals surface area contributed by atoms with Crippen LogP contribution >= 0.6 is 0 Å². The van der Waals surface area contributed by atoms with Crippen molar-refractivity contribution in [1.82, 2.24) is 29.4 Å². The number of amides is 1. The van der Waals surface area contributed by atoms with Gasteiger partial charge in [-0.3, -0.25) is 4.79 Å². The predicted molar refractivity (Wildman–Crippen MR) is 129 cm³/mol. The number of likely N-dealkylation sites (tertiary alicyclic amines) is 1. The van der Waals surface area contributed by atoms with Gasteiger partial charge in [-0.15, -0.1) is 0 Å². The Morgan fingerprint density at radius 2 is 2.06 bits per heavy atom. The lowest BCUT2D eigenvalue weighted by atomic mass is 9.86. The molecule has 0 aliphatic carbocycles. The summed E-state index contributed by atoms with van der Waals surface area (Å²) in [5.74, 6) is 1.33. The van der Waals surface area contributed by atoms with Gasteiger partial charge in [-0.2, -0.15) is 10.2 Å². The fourth-order valence-corrected chi connectivity index (χ4v) is 4.39. The predicted octanol–water partition coefficient (Wildman–Crippen LogP) is 3.09. The molecule has 2 aliphatic heterocycles. The van der Waals surface area contributed by atoms with Crippen molar-refractivity contribution in [2.75, 3.05) is 25.0 Å². The van der Waals surface area contributed by atoms with Gasteiger partial charge in [0.25, 0.3) is 5.91 Å². The van der Waals surface area contributed by atoms with Crippen molar-refractivity contribution in [3.63, 3.8) is 0 Å². The second-order valence-corrected chi connectivity index (χ2v) is 9.08. The molecule has 0 saturated carbocycles. The van der Waals surface area contributed by atoms with Crippen LogP contribution in [0.1, 0.15) is 28.0 Å². The van der Waals surface area contributed by atoms with Gasteiger partial charge in [-0.05, 0) is 30.7 Å². The van der Waals surface area contributed by atoms with Crippen LogP contribution in [-0.2, 0) is 11.8 Å². The molecule has 2 aliphatic rings. The normalized spacial score (nSPS) is 15.8. The van der Waals surface area contributed by atoms with Crippen LogP contribution in [-0.4, -0.2) is 60.6 Å². The Bertz CT molecular complexity index is 1530. The number of ether oxygens (including phenoxy) is 2. The number of carbonyl (C=O) groups excluding carboxylic acids is 1. The van der Waals surface area contributed by atoms with Gasteiger partial charge in [0.05, 0.1) is 43.5 Å². The Morgan fingerprint density at radius 1 is 1.22 bits per heavy atom. The molecule has 6 heterocycles. The lowest BCUT2D eigenvalue weighted by Gasteiger charge is -2.55. The van der Waals surface area contributed by atoms with E-state index >= 15 is 0 Å². The van der Waals surface area contributed by atoms with Gasteiger partial charge in [0.1, 0.15) is 28.7 Å². The molecule has 0 radical (unpaired) electrons. The molecular formula is C25H22N8O3. The Hall–Kier alpha value is -4.56. The molecule has 2 fully saturated rings. The molecule has 1 N–H and O–H groups in total. The summed E-state index contributed by atoms with van der Waals surface area (Å²) in [4.78, 5) is 32.1. The number of hydrogen-bond donors (Lipinski definition) is 1. The van der Waals surface area contributed by atoms with E-state index in [1.165, 1.54) is 6.20 Å². The highest BCUT2D eigenvalue weighted by molar-refractivity contribution is 5.95. The summed E-state index contributed by atoms with van der Waals surface area (Å²) in [6.07, 6.45) is 5.75. The first-order valence-electron chi connectivity index (χ1n) is 11.5. The van der Waals surface area contributed by atoms with Crippen LogP contribution < -0.4 is 10.1 Å². The molecule has 6 rings (SSSR count). The van der Waals surface area contributed by atoms with Gasteiger partial charge in [0, 0.05) is 25.7 Å². The third kappa shape index (κ3) is 3.77. The number of fused-ring (bicyclic) bond motifs is 1. The summed E-state index contributed by atoms with van der Waals surface area (Å²) >= 11 is 0. The first-order valence-corrected chi connectivity index (χ1v) is 11.5. The van der Waals surface area contributed by atoms with E-state index in [1.807, 2.05) is 20.0 Å². The van der Waals surface area contributed by atoms with Gasteiger partial charge >= 0.3 is 0 Å². The molecule has 1 amide bonds. The molecule has 4 aromatic heterocycles. The number of nitrogens with zero attached hydrogens (tertiary/aromatic N) is 7. The molecule has 11 heteroatoms. The van der Waals surface area contributed by atoms with E-state index in [-0.39, 0.29) is 11.5 Å². The number of aromatic nitrogens is 5. The topological polar surface area (TPSA) is 131 Å². The molecule has 2 saturated heterocycles. The zero-order valence-corrected chi connectivity index (χ0v) is 19.7. The van der Waals surface area contributed by atoms with Crippen LogP contribution in [0.25, 0.3) is 11.2 Å². The Labute approximate surface area is 206 Å². The Kier molecular flexibility index (Phi) is 5.05. The van der Waals surface area contributed by atoms with Crippen LogP contribution in [0.5, 0.6) is 11.6 Å². The monoisotopic (exact) mass is 482 g/mol. The smallest absolute Gasteiger partial charge is 0.255 e. The number of anilines is 2. The van der Waals surface area contributed by atoms with Crippen molar-refractivity contribution < 1.29 is 14.3 Å². The number of pyridine rings is 3. The molecule has 0 bridgehead atoms. The maximum Gasteiger partial charge on any atom is 0.255 e. The number of hydrogen-bond acceptors (Lipinski definition) is 9. The van der Waals surface area contributed by atoms with Crippen LogP contribution in [0.4, 0.5) is 11.5 Å². The minimum Gasteiger partial charge on any atom is -0.437 e. The van der Waals surface area contributed by atoms with Crippen molar-refractivity contribution in [1.29, 1.82) is 5.26 Å². The molecule has 36 heavy (non-hydrogen) atoms. The van der Waals surface area contributed by atoms with Gasteiger partial charge < -0.3 is 24.3 Å². The van der Waals surface area contributed by atoms with E-state index in [0.717, 1.165) is 18.6 Å². The maximum absolute atomic E-state index is 12.7. The van der Waals surface area contributed by atoms with Crippen LogP contribution in [0.2, 0.25) is 0 Å². The third-order valence-corrected chi connectivity index (χ3v) is 6.52.